The molecule has 4 aromatic carbocycles. The Hall–Kier alpha value is -8.48. The zero-order chi connectivity index (χ0) is 76.5. The standard InChI is InChI=1S/C81H113N7O16/c1-15-52(6)74(70(100-13)47-72(93)87-40-24-30-66(87)76(101-14)56(10)67(89)43-53(7)75(94)59-27-20-17-21-28-59)85(11)80(98)64(50(2)3)46-69(91)73(51(4)5)86(12)81(99)104-48-58-31-33-61(34-32-58)83-77(95)60(29-22-23-39-82)45-68(90)65(44-57-25-18-16-19-26-57)84-71(92)49-102-41-42-103-63-37-35-62(36-38-63)88-78(96)54(8)55(9)79(88)97/h16-21,25-28,31-38,50-53,56,60,64-66,70,73-76,94H,15,22-24,29-30,39-49,82H2,1-14H3,(H,83,95)(H,84,92)/t52?,53-,56-,60+,64-,65-,66-,70+,73-,74-,75+,76+/m0/s1. The van der Waals surface area contributed by atoms with Crippen LogP contribution in [0.5, 0.6) is 5.75 Å². The van der Waals surface area contributed by atoms with Gasteiger partial charge in [0, 0.05) is 88.7 Å². The number of hydrogen-bond donors (Lipinski definition) is 4. The van der Waals surface area contributed by atoms with Crippen molar-refractivity contribution in [1.82, 2.24) is 20.0 Å². The maximum absolute atomic E-state index is 14.9. The van der Waals surface area contributed by atoms with E-state index >= 15 is 0 Å². The molecular weight excluding hydrogens is 1330 g/mol. The van der Waals surface area contributed by atoms with E-state index in [1.54, 1.807) is 86.3 Å². The summed E-state index contributed by atoms with van der Waals surface area (Å²) in [5.41, 5.74) is 9.58. The van der Waals surface area contributed by atoms with E-state index in [-0.39, 0.29) is 129 Å². The van der Waals surface area contributed by atoms with Crippen LogP contribution in [-0.4, -0.2) is 176 Å². The van der Waals surface area contributed by atoms with Crippen LogP contribution in [0.4, 0.5) is 16.2 Å². The predicted octanol–water partition coefficient (Wildman–Crippen LogP) is 10.4. The molecule has 7 amide bonds. The van der Waals surface area contributed by atoms with E-state index in [0.717, 1.165) is 16.0 Å². The normalized spacial score (nSPS) is 17.1. The summed E-state index contributed by atoms with van der Waals surface area (Å²) in [6.07, 6.45) is 0.484. The topological polar surface area (TPSA) is 300 Å². The van der Waals surface area contributed by atoms with Gasteiger partial charge in [-0.2, -0.15) is 0 Å². The SMILES string of the molecule is CCC(C)[C@@H]([C@@H](CC(=O)N1CCC[C@H]1[C@H](OC)[C@@H](C)C(=O)C[C@H](C)[C@@H](O)c1ccccc1)OC)N(C)C(=O)[C@@H](CC(=O)[C@H](C(C)C)N(C)C(=O)OCc1ccc(NC(=O)[C@H](CCCCN)CC(=O)[C@H](Cc2ccccc2)NC(=O)COCCOc2ccc(N3C(=O)C(C)=C(C)C3=O)cc2)cc1)C(C)C. The van der Waals surface area contributed by atoms with Gasteiger partial charge in [-0.1, -0.05) is 141 Å². The number of nitrogens with two attached hydrogens (primary N) is 1. The number of rotatable bonds is 43. The minimum Gasteiger partial charge on any atom is -0.491 e. The zero-order valence-corrected chi connectivity index (χ0v) is 63.4. The molecular formula is C81H113N7O16. The largest absolute Gasteiger partial charge is 0.491 e. The van der Waals surface area contributed by atoms with Gasteiger partial charge in [0.05, 0.1) is 61.2 Å². The fraction of sp³-hybridized carbons (Fsp3) is 0.556. The number of aliphatic hydroxyl groups excluding tert-OH is 1. The lowest BCUT2D eigenvalue weighted by atomic mass is 9.83. The number of benzene rings is 4. The highest BCUT2D eigenvalue weighted by Crippen LogP contribution is 2.35. The molecule has 2 aliphatic rings. The number of methoxy groups -OCH3 is 2. The minimum atomic E-state index is -0.992. The number of anilines is 2. The minimum absolute atomic E-state index is 0.0272. The molecule has 4 aromatic rings. The number of imide groups is 1. The number of likely N-dealkylation sites (tertiary alicyclic amines) is 1. The molecule has 1 unspecified atom stereocenters. The monoisotopic (exact) mass is 1440 g/mol. The van der Waals surface area contributed by atoms with Crippen molar-refractivity contribution in [3.05, 3.63) is 137 Å². The van der Waals surface area contributed by atoms with Crippen LogP contribution in [0.3, 0.4) is 0 Å². The number of likely N-dealkylation sites (N-methyl/N-ethyl adjacent to an activating group) is 2. The Morgan fingerprint density at radius 1 is 0.692 bits per heavy atom. The molecule has 12 atom stereocenters. The maximum atomic E-state index is 14.9. The third-order valence-corrected chi connectivity index (χ3v) is 20.6. The number of ether oxygens (including phenoxy) is 5. The van der Waals surface area contributed by atoms with Crippen molar-refractivity contribution >= 4 is 70.3 Å². The summed E-state index contributed by atoms with van der Waals surface area (Å²) in [5.74, 6) is -5.79. The van der Waals surface area contributed by atoms with Crippen molar-refractivity contribution < 1.29 is 76.7 Å². The van der Waals surface area contributed by atoms with Crippen LogP contribution >= 0.6 is 0 Å². The molecule has 104 heavy (non-hydrogen) atoms. The molecule has 0 aromatic heterocycles. The van der Waals surface area contributed by atoms with Gasteiger partial charge in [0.2, 0.25) is 23.6 Å². The third-order valence-electron chi connectivity index (χ3n) is 20.6. The Morgan fingerprint density at radius 3 is 1.91 bits per heavy atom. The summed E-state index contributed by atoms with van der Waals surface area (Å²) >= 11 is 0. The van der Waals surface area contributed by atoms with Gasteiger partial charge in [0.25, 0.3) is 11.8 Å². The number of carbonyl (C=O) groups is 10. The van der Waals surface area contributed by atoms with Crippen molar-refractivity contribution in [2.75, 3.05) is 71.4 Å². The van der Waals surface area contributed by atoms with Gasteiger partial charge < -0.3 is 59.9 Å². The fourth-order valence-electron chi connectivity index (χ4n) is 14.1. The average Bonchev–Trinajstić information content (AvgIpc) is 1.63. The van der Waals surface area contributed by atoms with Crippen molar-refractivity contribution in [2.24, 2.45) is 47.2 Å². The van der Waals surface area contributed by atoms with Crippen LogP contribution < -0.4 is 26.0 Å². The molecule has 2 aliphatic heterocycles. The van der Waals surface area contributed by atoms with E-state index in [4.69, 9.17) is 29.4 Å². The van der Waals surface area contributed by atoms with Gasteiger partial charge in [-0.05, 0) is 129 Å². The summed E-state index contributed by atoms with van der Waals surface area (Å²) in [6.45, 7) is 18.7. The molecule has 23 heteroatoms. The van der Waals surface area contributed by atoms with Crippen LogP contribution in [0.2, 0.25) is 0 Å². The lowest BCUT2D eigenvalue weighted by Crippen LogP contribution is -2.54. The quantitative estimate of drug-likeness (QED) is 0.0236. The second kappa shape index (κ2) is 41.3. The summed E-state index contributed by atoms with van der Waals surface area (Å²) in [5, 5.41) is 16.8. The Kier molecular flexibility index (Phi) is 33.5. The Bertz CT molecular complexity index is 3510. The summed E-state index contributed by atoms with van der Waals surface area (Å²) in [6, 6.07) is 28.7. The number of nitrogens with one attached hydrogen (secondary N) is 2. The lowest BCUT2D eigenvalue weighted by Gasteiger charge is -2.41. The molecule has 6 rings (SSSR count). The Balaban J connectivity index is 1.02. The van der Waals surface area contributed by atoms with Gasteiger partial charge in [0.1, 0.15) is 31.4 Å². The molecule has 0 radical (unpaired) electrons. The van der Waals surface area contributed by atoms with E-state index < -0.39 is 72.1 Å². The van der Waals surface area contributed by atoms with Gasteiger partial charge in [-0.15, -0.1) is 0 Å². The first-order chi connectivity index (χ1) is 49.6. The van der Waals surface area contributed by atoms with Gasteiger partial charge >= 0.3 is 6.09 Å². The van der Waals surface area contributed by atoms with Crippen molar-refractivity contribution in [1.29, 1.82) is 0 Å². The number of aliphatic hydroxyl groups is 1. The van der Waals surface area contributed by atoms with Crippen LogP contribution in [0.1, 0.15) is 156 Å². The molecule has 5 N–H and O–H groups in total. The van der Waals surface area contributed by atoms with E-state index in [0.29, 0.717) is 85.4 Å². The first-order valence-electron chi connectivity index (χ1n) is 36.7. The maximum Gasteiger partial charge on any atom is 0.410 e. The van der Waals surface area contributed by atoms with E-state index in [9.17, 15) is 53.1 Å². The van der Waals surface area contributed by atoms with Gasteiger partial charge in [-0.25, -0.2) is 9.69 Å². The van der Waals surface area contributed by atoms with Crippen molar-refractivity contribution in [3.63, 3.8) is 0 Å². The molecule has 23 nitrogen and oxygen atoms in total. The number of nitrogens with zero attached hydrogens (tertiary/aromatic N) is 4. The predicted molar refractivity (Wildman–Crippen MR) is 398 cm³/mol. The molecule has 1 fully saturated rings. The van der Waals surface area contributed by atoms with Crippen molar-refractivity contribution in [3.8, 4) is 5.75 Å². The summed E-state index contributed by atoms with van der Waals surface area (Å²) in [4.78, 5) is 145. The number of Topliss-reactive ketones (excluding diaryl/α,β-unsaturated/α-hetero) is 3. The van der Waals surface area contributed by atoms with Crippen LogP contribution in [0.15, 0.2) is 120 Å². The zero-order valence-electron chi connectivity index (χ0n) is 63.4. The Labute approximate surface area is 614 Å². The molecule has 0 saturated carbocycles. The summed E-state index contributed by atoms with van der Waals surface area (Å²) in [7, 11) is 6.27. The Morgan fingerprint density at radius 2 is 1.33 bits per heavy atom. The highest BCUT2D eigenvalue weighted by Gasteiger charge is 2.44. The van der Waals surface area contributed by atoms with Gasteiger partial charge in [-0.3, -0.25) is 43.2 Å². The van der Waals surface area contributed by atoms with Crippen molar-refractivity contribution in [2.45, 2.75) is 189 Å². The number of hydrogen-bond acceptors (Lipinski definition) is 17. The first kappa shape index (κ1) is 84.5. The third kappa shape index (κ3) is 23.3. The molecule has 0 spiro atoms. The molecule has 0 aliphatic carbocycles. The first-order valence-corrected chi connectivity index (χ1v) is 36.7. The lowest BCUT2D eigenvalue weighted by molar-refractivity contribution is -0.149. The highest BCUT2D eigenvalue weighted by molar-refractivity contribution is 6.32. The van der Waals surface area contributed by atoms with E-state index in [1.807, 2.05) is 116 Å². The smallest absolute Gasteiger partial charge is 0.410 e. The number of unbranched alkanes of at least 4 members (excludes halogenated alkanes) is 1. The number of amides is 7. The van der Waals surface area contributed by atoms with E-state index in [1.165, 1.54) is 19.1 Å². The molecule has 568 valence electrons. The average molecular weight is 1440 g/mol. The number of ketones is 3. The molecule has 2 heterocycles. The number of carbonyl (C=O) groups excluding carboxylic acids is 10. The fourth-order valence-corrected chi connectivity index (χ4v) is 14.1. The summed E-state index contributed by atoms with van der Waals surface area (Å²) < 4.78 is 29.3. The van der Waals surface area contributed by atoms with Crippen LogP contribution in [0.25, 0.3) is 0 Å². The van der Waals surface area contributed by atoms with Crippen LogP contribution in [0, 0.1) is 41.4 Å². The second-order valence-corrected chi connectivity index (χ2v) is 28.7. The van der Waals surface area contributed by atoms with E-state index in [2.05, 4.69) is 10.6 Å². The molecule has 0 bridgehead atoms. The van der Waals surface area contributed by atoms with Crippen LogP contribution in [-0.2, 0) is 75.1 Å². The molecule has 1 saturated heterocycles. The second-order valence-electron chi connectivity index (χ2n) is 28.7. The highest BCUT2D eigenvalue weighted by atomic mass is 16.6. The van der Waals surface area contributed by atoms with Gasteiger partial charge in [0.15, 0.2) is 11.6 Å².